The van der Waals surface area contributed by atoms with Crippen LogP contribution in [0.25, 0.3) is 0 Å². The van der Waals surface area contributed by atoms with E-state index in [1.807, 2.05) is 0 Å². The van der Waals surface area contributed by atoms with E-state index < -0.39 is 0 Å². The third kappa shape index (κ3) is 3.83. The molecule has 0 aromatic carbocycles. The van der Waals surface area contributed by atoms with Crippen LogP contribution in [-0.4, -0.2) is 24.0 Å². The molecular formula is C13H25N. The lowest BCUT2D eigenvalue weighted by molar-refractivity contribution is 0.202. The van der Waals surface area contributed by atoms with Gasteiger partial charge in [0.05, 0.1) is 0 Å². The van der Waals surface area contributed by atoms with Crippen molar-refractivity contribution in [2.45, 2.75) is 46.6 Å². The van der Waals surface area contributed by atoms with E-state index in [0.29, 0.717) is 6.04 Å². The fourth-order valence-electron chi connectivity index (χ4n) is 2.29. The summed E-state index contributed by atoms with van der Waals surface area (Å²) in [6.07, 6.45) is 7.33. The van der Waals surface area contributed by atoms with Gasteiger partial charge in [-0.2, -0.15) is 0 Å². The molecule has 0 amide bonds. The number of allylic oxidation sites excluding steroid dienone is 1. The largest absolute Gasteiger partial charge is 0.297 e. The van der Waals surface area contributed by atoms with E-state index >= 15 is 0 Å². The molecule has 0 saturated heterocycles. The van der Waals surface area contributed by atoms with E-state index in [9.17, 15) is 0 Å². The Morgan fingerprint density at radius 1 is 1.14 bits per heavy atom. The maximum Gasteiger partial charge on any atom is 0.0166 e. The zero-order valence-corrected chi connectivity index (χ0v) is 10.2. The monoisotopic (exact) mass is 195 g/mol. The standard InChI is InChI=1S/C13H25N/c1-11(2)14-8-6-5-7-12(3)9-13(4)10-14/h5-6,11-13H,7-10H2,1-4H3/b6-5-. The van der Waals surface area contributed by atoms with E-state index in [0.717, 1.165) is 18.4 Å². The fourth-order valence-corrected chi connectivity index (χ4v) is 2.29. The molecule has 0 spiro atoms. The lowest BCUT2D eigenvalue weighted by atomic mass is 9.94. The minimum Gasteiger partial charge on any atom is -0.297 e. The molecule has 0 fully saturated rings. The topological polar surface area (TPSA) is 3.24 Å². The van der Waals surface area contributed by atoms with Crippen molar-refractivity contribution >= 4 is 0 Å². The van der Waals surface area contributed by atoms with Crippen LogP contribution in [0.15, 0.2) is 12.2 Å². The molecule has 1 heteroatoms. The van der Waals surface area contributed by atoms with Crippen LogP contribution >= 0.6 is 0 Å². The average molecular weight is 195 g/mol. The van der Waals surface area contributed by atoms with Crippen molar-refractivity contribution in [3.8, 4) is 0 Å². The van der Waals surface area contributed by atoms with Crippen molar-refractivity contribution in [2.75, 3.05) is 13.1 Å². The highest BCUT2D eigenvalue weighted by molar-refractivity contribution is 4.89. The molecule has 2 atom stereocenters. The molecule has 1 aliphatic heterocycles. The van der Waals surface area contributed by atoms with Gasteiger partial charge >= 0.3 is 0 Å². The molecule has 0 N–H and O–H groups in total. The maximum absolute atomic E-state index is 2.57. The molecule has 1 nitrogen and oxygen atoms in total. The number of hydrogen-bond acceptors (Lipinski definition) is 1. The van der Waals surface area contributed by atoms with Crippen LogP contribution in [0.5, 0.6) is 0 Å². The van der Waals surface area contributed by atoms with Gasteiger partial charge in [-0.05, 0) is 38.5 Å². The predicted octanol–water partition coefficient (Wildman–Crippen LogP) is 3.32. The van der Waals surface area contributed by atoms with Gasteiger partial charge in [-0.1, -0.05) is 26.0 Å². The van der Waals surface area contributed by atoms with Crippen LogP contribution in [0, 0.1) is 11.8 Å². The van der Waals surface area contributed by atoms with Gasteiger partial charge in [0.2, 0.25) is 0 Å². The smallest absolute Gasteiger partial charge is 0.0166 e. The Balaban J connectivity index is 2.56. The minimum absolute atomic E-state index is 0.676. The zero-order chi connectivity index (χ0) is 10.6. The normalized spacial score (nSPS) is 33.5. The molecular weight excluding hydrogens is 170 g/mol. The first-order valence-corrected chi connectivity index (χ1v) is 5.98. The Bertz CT molecular complexity index is 184. The van der Waals surface area contributed by atoms with Gasteiger partial charge in [-0.3, -0.25) is 4.90 Å². The summed E-state index contributed by atoms with van der Waals surface area (Å²) in [6.45, 7) is 11.7. The first-order valence-electron chi connectivity index (χ1n) is 5.98. The van der Waals surface area contributed by atoms with Gasteiger partial charge in [-0.15, -0.1) is 0 Å². The van der Waals surface area contributed by atoms with E-state index in [1.165, 1.54) is 19.4 Å². The molecule has 1 rings (SSSR count). The Hall–Kier alpha value is -0.300. The molecule has 14 heavy (non-hydrogen) atoms. The second-order valence-corrected chi connectivity index (χ2v) is 5.20. The summed E-state index contributed by atoms with van der Waals surface area (Å²) in [6, 6.07) is 0.676. The lowest BCUT2D eigenvalue weighted by Gasteiger charge is -2.28. The van der Waals surface area contributed by atoms with Crippen LogP contribution < -0.4 is 0 Å². The van der Waals surface area contributed by atoms with Gasteiger partial charge in [0.25, 0.3) is 0 Å². The van der Waals surface area contributed by atoms with Crippen molar-refractivity contribution in [1.82, 2.24) is 4.90 Å². The van der Waals surface area contributed by atoms with E-state index in [1.54, 1.807) is 0 Å². The van der Waals surface area contributed by atoms with E-state index in [2.05, 4.69) is 44.7 Å². The highest BCUT2D eigenvalue weighted by Gasteiger charge is 2.15. The number of rotatable bonds is 1. The van der Waals surface area contributed by atoms with Crippen molar-refractivity contribution < 1.29 is 0 Å². The Morgan fingerprint density at radius 2 is 1.86 bits per heavy atom. The summed E-state index contributed by atoms with van der Waals surface area (Å²) in [5, 5.41) is 0. The SMILES string of the molecule is CC1C/C=C\CN(C(C)C)CC(C)C1. The highest BCUT2D eigenvalue weighted by atomic mass is 15.1. The quantitative estimate of drug-likeness (QED) is 0.580. The summed E-state index contributed by atoms with van der Waals surface area (Å²) < 4.78 is 0. The van der Waals surface area contributed by atoms with Gasteiger partial charge in [0, 0.05) is 19.1 Å². The van der Waals surface area contributed by atoms with Crippen molar-refractivity contribution in [3.05, 3.63) is 12.2 Å². The van der Waals surface area contributed by atoms with Crippen LogP contribution in [0.4, 0.5) is 0 Å². The molecule has 0 radical (unpaired) electrons. The average Bonchev–Trinajstić information content (AvgIpc) is 2.15. The minimum atomic E-state index is 0.676. The van der Waals surface area contributed by atoms with Gasteiger partial charge in [0.15, 0.2) is 0 Å². The molecule has 0 aliphatic carbocycles. The lowest BCUT2D eigenvalue weighted by Crippen LogP contribution is -2.34. The Morgan fingerprint density at radius 3 is 2.50 bits per heavy atom. The Labute approximate surface area is 89.2 Å². The van der Waals surface area contributed by atoms with Crippen molar-refractivity contribution in [1.29, 1.82) is 0 Å². The van der Waals surface area contributed by atoms with Crippen LogP contribution in [0.3, 0.4) is 0 Å². The summed E-state index contributed by atoms with van der Waals surface area (Å²) in [5.74, 6) is 1.70. The van der Waals surface area contributed by atoms with Crippen LogP contribution in [0.1, 0.15) is 40.5 Å². The summed E-state index contributed by atoms with van der Waals surface area (Å²) >= 11 is 0. The number of nitrogens with zero attached hydrogens (tertiary/aromatic N) is 1. The molecule has 1 heterocycles. The first-order chi connectivity index (χ1) is 6.59. The van der Waals surface area contributed by atoms with Crippen LogP contribution in [-0.2, 0) is 0 Å². The molecule has 2 unspecified atom stereocenters. The molecule has 0 saturated carbocycles. The molecule has 0 aromatic heterocycles. The van der Waals surface area contributed by atoms with Crippen LogP contribution in [0.2, 0.25) is 0 Å². The third-order valence-corrected chi connectivity index (χ3v) is 3.13. The second kappa shape index (κ2) is 5.55. The predicted molar refractivity (Wildman–Crippen MR) is 63.4 cm³/mol. The summed E-state index contributed by atoms with van der Waals surface area (Å²) in [4.78, 5) is 2.57. The molecule has 0 bridgehead atoms. The van der Waals surface area contributed by atoms with Crippen molar-refractivity contribution in [2.24, 2.45) is 11.8 Å². The zero-order valence-electron chi connectivity index (χ0n) is 10.2. The first kappa shape index (κ1) is 11.8. The molecule has 0 aromatic rings. The second-order valence-electron chi connectivity index (χ2n) is 5.20. The third-order valence-electron chi connectivity index (χ3n) is 3.13. The number of hydrogen-bond donors (Lipinski definition) is 0. The highest BCUT2D eigenvalue weighted by Crippen LogP contribution is 2.19. The maximum atomic E-state index is 2.57. The van der Waals surface area contributed by atoms with Crippen molar-refractivity contribution in [3.63, 3.8) is 0 Å². The molecule has 82 valence electrons. The van der Waals surface area contributed by atoms with Gasteiger partial charge in [-0.25, -0.2) is 0 Å². The van der Waals surface area contributed by atoms with Gasteiger partial charge in [0.1, 0.15) is 0 Å². The fraction of sp³-hybridized carbons (Fsp3) is 0.846. The Kier molecular flexibility index (Phi) is 4.67. The summed E-state index contributed by atoms with van der Waals surface area (Å²) in [5.41, 5.74) is 0. The van der Waals surface area contributed by atoms with Gasteiger partial charge < -0.3 is 0 Å². The molecule has 1 aliphatic rings. The summed E-state index contributed by atoms with van der Waals surface area (Å²) in [7, 11) is 0. The van der Waals surface area contributed by atoms with E-state index in [-0.39, 0.29) is 0 Å². The van der Waals surface area contributed by atoms with E-state index in [4.69, 9.17) is 0 Å².